The zero-order chi connectivity index (χ0) is 14.8. The first-order chi connectivity index (χ1) is 10.9. The van der Waals surface area contributed by atoms with Gasteiger partial charge in [0.25, 0.3) is 0 Å². The predicted octanol–water partition coefficient (Wildman–Crippen LogP) is 5.35. The van der Waals surface area contributed by atoms with Crippen LogP contribution >= 0.6 is 0 Å². The topological polar surface area (TPSA) is 35.3 Å². The first-order valence-corrected chi connectivity index (χ1v) is 7.99. The maximum Gasteiger partial charge on any atom is 0.400 e. The van der Waals surface area contributed by atoms with E-state index in [0.717, 1.165) is 29.2 Å². The van der Waals surface area contributed by atoms with Crippen LogP contribution in [0.25, 0.3) is 11.1 Å². The second kappa shape index (κ2) is 5.84. The molecule has 0 saturated heterocycles. The summed E-state index contributed by atoms with van der Waals surface area (Å²) in [5.41, 5.74) is 2.92. The van der Waals surface area contributed by atoms with Crippen molar-refractivity contribution in [2.24, 2.45) is 5.92 Å². The number of para-hydroxylation sites is 2. The van der Waals surface area contributed by atoms with Gasteiger partial charge in [-0.05, 0) is 48.6 Å². The minimum Gasteiger partial charge on any atom is -0.411 e. The highest BCUT2D eigenvalue weighted by atomic mass is 16.6. The van der Waals surface area contributed by atoms with Crippen molar-refractivity contribution in [2.45, 2.75) is 32.1 Å². The third-order valence-corrected chi connectivity index (χ3v) is 4.18. The van der Waals surface area contributed by atoms with Crippen LogP contribution < -0.4 is 4.74 Å². The standard InChI is InChI=1S/C19H19NO2/c1-2-7-18-17(6-1)20-19(22-18)21-16-12-10-15(11-13-16)5-3-4-14-8-9-14/h1-2,6-7,10-14H,3-5,8-9H2. The fraction of sp³-hybridized carbons (Fsp3) is 0.316. The van der Waals surface area contributed by atoms with Gasteiger partial charge in [-0.15, -0.1) is 0 Å². The number of ether oxygens (including phenoxy) is 1. The van der Waals surface area contributed by atoms with Gasteiger partial charge in [0.1, 0.15) is 11.3 Å². The number of rotatable bonds is 6. The molecule has 22 heavy (non-hydrogen) atoms. The molecular weight excluding hydrogens is 274 g/mol. The molecule has 0 bridgehead atoms. The van der Waals surface area contributed by atoms with Crippen LogP contribution in [0.5, 0.6) is 11.8 Å². The zero-order valence-corrected chi connectivity index (χ0v) is 12.5. The van der Waals surface area contributed by atoms with E-state index in [1.165, 1.54) is 31.2 Å². The fourth-order valence-electron chi connectivity index (χ4n) is 2.72. The van der Waals surface area contributed by atoms with Gasteiger partial charge in [0, 0.05) is 0 Å². The monoisotopic (exact) mass is 293 g/mol. The molecule has 0 amide bonds. The third-order valence-electron chi connectivity index (χ3n) is 4.18. The second-order valence-electron chi connectivity index (χ2n) is 6.03. The molecule has 1 saturated carbocycles. The zero-order valence-electron chi connectivity index (χ0n) is 12.5. The molecule has 0 spiro atoms. The summed E-state index contributed by atoms with van der Waals surface area (Å²) in [6.07, 6.45) is 6.99. The van der Waals surface area contributed by atoms with Crippen molar-refractivity contribution in [1.82, 2.24) is 4.98 Å². The molecule has 112 valence electrons. The molecule has 3 heteroatoms. The lowest BCUT2D eigenvalue weighted by Crippen LogP contribution is -1.88. The molecule has 0 radical (unpaired) electrons. The van der Waals surface area contributed by atoms with E-state index in [2.05, 4.69) is 17.1 Å². The minimum atomic E-state index is 0.294. The molecular formula is C19H19NO2. The average molecular weight is 293 g/mol. The Labute approximate surface area is 129 Å². The summed E-state index contributed by atoms with van der Waals surface area (Å²) in [6.45, 7) is 0. The van der Waals surface area contributed by atoms with E-state index in [0.29, 0.717) is 6.08 Å². The molecule has 3 nitrogen and oxygen atoms in total. The number of hydrogen-bond donors (Lipinski definition) is 0. The number of nitrogens with zero attached hydrogens (tertiary/aromatic N) is 1. The highest BCUT2D eigenvalue weighted by molar-refractivity contribution is 5.72. The van der Waals surface area contributed by atoms with Gasteiger partial charge < -0.3 is 9.15 Å². The second-order valence-corrected chi connectivity index (χ2v) is 6.03. The molecule has 0 N–H and O–H groups in total. The van der Waals surface area contributed by atoms with Crippen LogP contribution in [0.2, 0.25) is 0 Å². The van der Waals surface area contributed by atoms with Crippen molar-refractivity contribution in [3.63, 3.8) is 0 Å². The van der Waals surface area contributed by atoms with E-state index in [1.807, 2.05) is 36.4 Å². The Morgan fingerprint density at radius 2 is 1.86 bits per heavy atom. The number of fused-ring (bicyclic) bond motifs is 1. The molecule has 1 aromatic heterocycles. The Kier molecular flexibility index (Phi) is 3.55. The van der Waals surface area contributed by atoms with E-state index in [4.69, 9.17) is 9.15 Å². The van der Waals surface area contributed by atoms with Crippen molar-refractivity contribution in [3.8, 4) is 11.8 Å². The summed E-state index contributed by atoms with van der Waals surface area (Å²) in [5.74, 6) is 1.78. The van der Waals surface area contributed by atoms with Gasteiger partial charge in [-0.2, -0.15) is 4.98 Å². The van der Waals surface area contributed by atoms with Crippen LogP contribution in [0.4, 0.5) is 0 Å². The van der Waals surface area contributed by atoms with Gasteiger partial charge in [-0.25, -0.2) is 0 Å². The van der Waals surface area contributed by atoms with E-state index >= 15 is 0 Å². The lowest BCUT2D eigenvalue weighted by Gasteiger charge is -2.03. The Morgan fingerprint density at radius 1 is 1.05 bits per heavy atom. The van der Waals surface area contributed by atoms with Crippen LogP contribution in [-0.4, -0.2) is 4.98 Å². The Bertz CT molecular complexity index is 723. The van der Waals surface area contributed by atoms with Gasteiger partial charge >= 0.3 is 6.08 Å². The molecule has 1 aliphatic rings. The number of aryl methyl sites for hydroxylation is 1. The van der Waals surface area contributed by atoms with Crippen molar-refractivity contribution in [3.05, 3.63) is 54.1 Å². The van der Waals surface area contributed by atoms with Gasteiger partial charge in [0.05, 0.1) is 0 Å². The Morgan fingerprint density at radius 3 is 2.64 bits per heavy atom. The van der Waals surface area contributed by atoms with E-state index in [-0.39, 0.29) is 0 Å². The fourth-order valence-corrected chi connectivity index (χ4v) is 2.72. The van der Waals surface area contributed by atoms with E-state index in [1.54, 1.807) is 0 Å². The number of benzene rings is 2. The molecule has 0 aliphatic heterocycles. The van der Waals surface area contributed by atoms with Crippen molar-refractivity contribution in [1.29, 1.82) is 0 Å². The van der Waals surface area contributed by atoms with Crippen LogP contribution in [0, 0.1) is 5.92 Å². The van der Waals surface area contributed by atoms with Crippen LogP contribution in [0.1, 0.15) is 31.2 Å². The highest BCUT2D eigenvalue weighted by Crippen LogP contribution is 2.34. The number of aromatic nitrogens is 1. The lowest BCUT2D eigenvalue weighted by atomic mass is 10.1. The molecule has 0 unspecified atom stereocenters. The van der Waals surface area contributed by atoms with Crippen molar-refractivity contribution < 1.29 is 9.15 Å². The van der Waals surface area contributed by atoms with E-state index in [9.17, 15) is 0 Å². The number of oxazole rings is 1. The molecule has 4 rings (SSSR count). The van der Waals surface area contributed by atoms with Gasteiger partial charge in [-0.1, -0.05) is 43.5 Å². The summed E-state index contributed by atoms with van der Waals surface area (Å²) in [7, 11) is 0. The maximum atomic E-state index is 5.69. The average Bonchev–Trinajstić information content (AvgIpc) is 3.27. The SMILES string of the molecule is c1ccc2oc(Oc3ccc(CCCC4CC4)cc3)nc2c1. The summed E-state index contributed by atoms with van der Waals surface area (Å²) < 4.78 is 11.3. The molecule has 0 atom stereocenters. The Hall–Kier alpha value is -2.29. The highest BCUT2D eigenvalue weighted by Gasteiger charge is 2.20. The normalized spacial score (nSPS) is 14.4. The van der Waals surface area contributed by atoms with Crippen LogP contribution in [0.3, 0.4) is 0 Å². The summed E-state index contributed by atoms with van der Waals surface area (Å²) >= 11 is 0. The van der Waals surface area contributed by atoms with E-state index < -0.39 is 0 Å². The first-order valence-electron chi connectivity index (χ1n) is 7.99. The first kappa shape index (κ1) is 13.4. The summed E-state index contributed by atoms with van der Waals surface area (Å²) in [4.78, 5) is 4.32. The molecule has 2 aromatic carbocycles. The summed E-state index contributed by atoms with van der Waals surface area (Å²) in [6, 6.07) is 15.9. The largest absolute Gasteiger partial charge is 0.411 e. The summed E-state index contributed by atoms with van der Waals surface area (Å²) in [5, 5.41) is 0. The molecule has 1 heterocycles. The predicted molar refractivity (Wildman–Crippen MR) is 86.2 cm³/mol. The van der Waals surface area contributed by atoms with Gasteiger partial charge in [0.2, 0.25) is 0 Å². The lowest BCUT2D eigenvalue weighted by molar-refractivity contribution is 0.343. The molecule has 1 fully saturated rings. The van der Waals surface area contributed by atoms with Gasteiger partial charge in [0.15, 0.2) is 5.58 Å². The molecule has 3 aromatic rings. The van der Waals surface area contributed by atoms with Crippen LogP contribution in [-0.2, 0) is 6.42 Å². The van der Waals surface area contributed by atoms with Crippen molar-refractivity contribution >= 4 is 11.1 Å². The quantitative estimate of drug-likeness (QED) is 0.614. The smallest absolute Gasteiger partial charge is 0.400 e. The minimum absolute atomic E-state index is 0.294. The third kappa shape index (κ3) is 3.14. The number of hydrogen-bond acceptors (Lipinski definition) is 3. The van der Waals surface area contributed by atoms with Crippen LogP contribution in [0.15, 0.2) is 52.9 Å². The Balaban J connectivity index is 1.39. The van der Waals surface area contributed by atoms with Gasteiger partial charge in [-0.3, -0.25) is 0 Å². The van der Waals surface area contributed by atoms with Crippen molar-refractivity contribution in [2.75, 3.05) is 0 Å². The molecule has 1 aliphatic carbocycles. The maximum absolute atomic E-state index is 5.69.